The van der Waals surface area contributed by atoms with Crippen LogP contribution >= 0.6 is 0 Å². The van der Waals surface area contributed by atoms with Gasteiger partial charge in [-0.1, -0.05) is 32.0 Å². The van der Waals surface area contributed by atoms with Gasteiger partial charge < -0.3 is 5.32 Å². The lowest BCUT2D eigenvalue weighted by Gasteiger charge is -2.21. The maximum Gasteiger partial charge on any atom is 0.231 e. The summed E-state index contributed by atoms with van der Waals surface area (Å²) in [6.45, 7) is 4.11. The van der Waals surface area contributed by atoms with E-state index in [4.69, 9.17) is 0 Å². The summed E-state index contributed by atoms with van der Waals surface area (Å²) < 4.78 is 14.4. The molecule has 27 heavy (non-hydrogen) atoms. The van der Waals surface area contributed by atoms with Crippen molar-refractivity contribution in [2.24, 2.45) is 5.41 Å². The van der Waals surface area contributed by atoms with Crippen molar-refractivity contribution in [1.82, 2.24) is 30.5 Å². The van der Waals surface area contributed by atoms with Crippen LogP contribution in [0.4, 0.5) is 4.39 Å². The van der Waals surface area contributed by atoms with Gasteiger partial charge in [0.2, 0.25) is 11.7 Å². The minimum atomic E-state index is -0.869. The number of hydrogen-bond donors (Lipinski definition) is 2. The zero-order valence-electron chi connectivity index (χ0n) is 15.0. The maximum atomic E-state index is 14.4. The third kappa shape index (κ3) is 2.87. The summed E-state index contributed by atoms with van der Waals surface area (Å²) in [5.74, 6) is 0.326. The Morgan fingerprint density at radius 1 is 1.30 bits per heavy atom. The van der Waals surface area contributed by atoms with Crippen molar-refractivity contribution in [2.45, 2.75) is 32.2 Å². The second-order valence-corrected chi connectivity index (χ2v) is 7.32. The highest BCUT2D eigenvalue weighted by atomic mass is 19.1. The number of rotatable bonds is 5. The van der Waals surface area contributed by atoms with Gasteiger partial charge in [-0.25, -0.2) is 14.4 Å². The fourth-order valence-corrected chi connectivity index (χ4v) is 3.61. The number of amides is 1. The zero-order chi connectivity index (χ0) is 19.1. The van der Waals surface area contributed by atoms with Crippen LogP contribution in [0.2, 0.25) is 0 Å². The molecule has 2 aromatic heterocycles. The molecule has 1 atom stereocenters. The van der Waals surface area contributed by atoms with Gasteiger partial charge in [0.1, 0.15) is 17.3 Å². The lowest BCUT2D eigenvalue weighted by molar-refractivity contribution is -0.124. The fourth-order valence-electron chi connectivity index (χ4n) is 3.61. The van der Waals surface area contributed by atoms with E-state index >= 15 is 0 Å². The molecule has 0 spiro atoms. The van der Waals surface area contributed by atoms with Crippen molar-refractivity contribution in [3.8, 4) is 11.5 Å². The summed E-state index contributed by atoms with van der Waals surface area (Å²) in [7, 11) is 0. The van der Waals surface area contributed by atoms with Gasteiger partial charge in [-0.3, -0.25) is 14.9 Å². The molecule has 1 aliphatic rings. The molecular formula is C19H19FN6O. The standard InChI is InChI=1S/C19H19FN6O/c1-18(2)11-19(18,12-5-3-4-6-13(12)20)17(27)23-10-15-24-16(26-25-15)14-9-21-7-8-22-14/h3-9H,10-11H2,1-2H3,(H,23,27)(H,24,25,26). The van der Waals surface area contributed by atoms with Crippen molar-refractivity contribution in [1.29, 1.82) is 0 Å². The topological polar surface area (TPSA) is 96.5 Å². The number of nitrogens with one attached hydrogen (secondary N) is 2. The Kier molecular flexibility index (Phi) is 3.98. The first-order valence-corrected chi connectivity index (χ1v) is 8.65. The van der Waals surface area contributed by atoms with Gasteiger partial charge in [0.15, 0.2) is 0 Å². The van der Waals surface area contributed by atoms with Gasteiger partial charge in [-0.15, -0.1) is 0 Å². The second-order valence-electron chi connectivity index (χ2n) is 7.32. The van der Waals surface area contributed by atoms with Crippen molar-refractivity contribution in [2.75, 3.05) is 0 Å². The first-order valence-electron chi connectivity index (χ1n) is 8.65. The predicted octanol–water partition coefficient (Wildman–Crippen LogP) is 2.38. The van der Waals surface area contributed by atoms with Crippen LogP contribution in [0.3, 0.4) is 0 Å². The zero-order valence-corrected chi connectivity index (χ0v) is 15.0. The Bertz CT molecular complexity index is 987. The number of H-pyrrole nitrogens is 1. The van der Waals surface area contributed by atoms with Crippen molar-refractivity contribution in [3.05, 3.63) is 60.1 Å². The largest absolute Gasteiger partial charge is 0.348 e. The average Bonchev–Trinajstić information content (AvgIpc) is 3.03. The van der Waals surface area contributed by atoms with Gasteiger partial charge in [0.25, 0.3) is 0 Å². The van der Waals surface area contributed by atoms with E-state index < -0.39 is 5.41 Å². The molecule has 1 aliphatic carbocycles. The molecule has 7 nitrogen and oxygen atoms in total. The third-order valence-corrected chi connectivity index (χ3v) is 5.20. The molecule has 2 heterocycles. The van der Waals surface area contributed by atoms with Gasteiger partial charge in [0, 0.05) is 18.0 Å². The van der Waals surface area contributed by atoms with Crippen molar-refractivity contribution in [3.63, 3.8) is 0 Å². The average molecular weight is 366 g/mol. The van der Waals surface area contributed by atoms with Crippen molar-refractivity contribution >= 4 is 5.91 Å². The number of benzene rings is 1. The smallest absolute Gasteiger partial charge is 0.231 e. The highest BCUT2D eigenvalue weighted by molar-refractivity contribution is 5.93. The molecule has 138 valence electrons. The van der Waals surface area contributed by atoms with E-state index in [1.807, 2.05) is 13.8 Å². The maximum absolute atomic E-state index is 14.4. The molecule has 0 bridgehead atoms. The third-order valence-electron chi connectivity index (χ3n) is 5.20. The Hall–Kier alpha value is -3.16. The molecule has 1 unspecified atom stereocenters. The lowest BCUT2D eigenvalue weighted by atomic mass is 9.86. The normalized spacial score (nSPS) is 20.3. The van der Waals surface area contributed by atoms with Crippen LogP contribution in [0, 0.1) is 11.2 Å². The molecule has 2 N–H and O–H groups in total. The fraction of sp³-hybridized carbons (Fsp3) is 0.316. The van der Waals surface area contributed by atoms with Gasteiger partial charge in [-0.2, -0.15) is 5.10 Å². The molecule has 3 aromatic rings. The van der Waals surface area contributed by atoms with Crippen LogP contribution in [-0.4, -0.2) is 31.1 Å². The number of carbonyl (C=O) groups is 1. The summed E-state index contributed by atoms with van der Waals surface area (Å²) >= 11 is 0. The Balaban J connectivity index is 1.51. The summed E-state index contributed by atoms with van der Waals surface area (Å²) in [4.78, 5) is 25.4. The molecule has 0 radical (unpaired) electrons. The number of hydrogen-bond acceptors (Lipinski definition) is 5. The monoisotopic (exact) mass is 366 g/mol. The Labute approximate surface area is 155 Å². The van der Waals surface area contributed by atoms with Crippen molar-refractivity contribution < 1.29 is 9.18 Å². The summed E-state index contributed by atoms with van der Waals surface area (Å²) in [6.07, 6.45) is 5.27. The Morgan fingerprint density at radius 3 is 2.74 bits per heavy atom. The van der Waals surface area contributed by atoms with E-state index in [9.17, 15) is 9.18 Å². The molecular weight excluding hydrogens is 347 g/mol. The molecule has 1 amide bonds. The highest BCUT2D eigenvalue weighted by Crippen LogP contribution is 2.64. The lowest BCUT2D eigenvalue weighted by Crippen LogP contribution is -2.38. The molecule has 1 fully saturated rings. The molecule has 0 saturated heterocycles. The quantitative estimate of drug-likeness (QED) is 0.723. The minimum absolute atomic E-state index is 0.165. The van der Waals surface area contributed by atoms with Gasteiger partial charge >= 0.3 is 0 Å². The number of halogens is 1. The summed E-state index contributed by atoms with van der Waals surface area (Å²) in [5.41, 5.74) is -0.208. The second kappa shape index (κ2) is 6.22. The van der Waals surface area contributed by atoms with Crippen LogP contribution in [0.15, 0.2) is 42.9 Å². The minimum Gasteiger partial charge on any atom is -0.348 e. The van der Waals surface area contributed by atoms with Crippen LogP contribution in [0.1, 0.15) is 31.7 Å². The number of aromatic amines is 1. The number of aromatic nitrogens is 5. The van der Waals surface area contributed by atoms with E-state index in [-0.39, 0.29) is 23.7 Å². The number of carbonyl (C=O) groups excluding carboxylic acids is 1. The first-order chi connectivity index (χ1) is 12.9. The molecule has 8 heteroatoms. The van der Waals surface area contributed by atoms with Gasteiger partial charge in [-0.05, 0) is 17.9 Å². The predicted molar refractivity (Wildman–Crippen MR) is 95.7 cm³/mol. The first kappa shape index (κ1) is 17.3. The van der Waals surface area contributed by atoms with E-state index in [0.29, 0.717) is 29.3 Å². The van der Waals surface area contributed by atoms with Crippen LogP contribution in [-0.2, 0) is 16.8 Å². The van der Waals surface area contributed by atoms with E-state index in [1.165, 1.54) is 6.07 Å². The van der Waals surface area contributed by atoms with Crippen LogP contribution in [0.25, 0.3) is 11.5 Å². The summed E-state index contributed by atoms with van der Waals surface area (Å²) in [5, 5.41) is 9.75. The molecule has 1 aromatic carbocycles. The Morgan fingerprint density at radius 2 is 2.07 bits per heavy atom. The highest BCUT2D eigenvalue weighted by Gasteiger charge is 2.67. The van der Waals surface area contributed by atoms with Gasteiger partial charge in [0.05, 0.1) is 18.2 Å². The van der Waals surface area contributed by atoms with Crippen LogP contribution in [0.5, 0.6) is 0 Å². The SMILES string of the molecule is CC1(C)CC1(C(=O)NCc1nc(-c2cnccn2)n[nH]1)c1ccccc1F. The van der Waals surface area contributed by atoms with E-state index in [2.05, 4.69) is 30.5 Å². The van der Waals surface area contributed by atoms with Crippen LogP contribution < -0.4 is 5.32 Å². The number of nitrogens with zero attached hydrogens (tertiary/aromatic N) is 4. The summed E-state index contributed by atoms with van der Waals surface area (Å²) in [6, 6.07) is 6.46. The van der Waals surface area contributed by atoms with E-state index in [1.54, 1.807) is 36.8 Å². The molecule has 1 saturated carbocycles. The molecule has 0 aliphatic heterocycles. The van der Waals surface area contributed by atoms with E-state index in [0.717, 1.165) is 0 Å². The molecule has 4 rings (SSSR count).